The van der Waals surface area contributed by atoms with Crippen LogP contribution in [0.25, 0.3) is 0 Å². The molecule has 1 atom stereocenters. The maximum atomic E-state index is 13.9. The fourth-order valence-corrected chi connectivity index (χ4v) is 1.51. The van der Waals surface area contributed by atoms with E-state index < -0.39 is 23.7 Å². The molecule has 1 aromatic rings. The van der Waals surface area contributed by atoms with Crippen molar-refractivity contribution in [2.75, 3.05) is 6.54 Å². The summed E-state index contributed by atoms with van der Waals surface area (Å²) in [6.07, 6.45) is -0.810. The highest BCUT2D eigenvalue weighted by Gasteiger charge is 2.44. The summed E-state index contributed by atoms with van der Waals surface area (Å²) in [5.41, 5.74) is 3.46. The molecule has 1 aromatic carbocycles. The van der Waals surface area contributed by atoms with Crippen molar-refractivity contribution in [2.45, 2.75) is 19.3 Å². The molecule has 0 heterocycles. The van der Waals surface area contributed by atoms with Crippen LogP contribution < -0.4 is 5.73 Å². The van der Waals surface area contributed by atoms with E-state index in [1.807, 2.05) is 0 Å². The molecule has 0 aliphatic heterocycles. The molecule has 0 aromatic heterocycles. The second-order valence-electron chi connectivity index (χ2n) is 4.32. The third-order valence-corrected chi connectivity index (χ3v) is 2.78. The number of aliphatic carboxylic acids is 1. The summed E-state index contributed by atoms with van der Waals surface area (Å²) in [5.74, 6) is -4.51. The molecule has 0 amide bonds. The molecule has 0 saturated carbocycles. The molecule has 0 radical (unpaired) electrons. The van der Waals surface area contributed by atoms with Gasteiger partial charge in [0.2, 0.25) is 0 Å². The Morgan fingerprint density at radius 1 is 1.35 bits per heavy atom. The minimum absolute atomic E-state index is 0.194. The first kappa shape index (κ1) is 13.6. The van der Waals surface area contributed by atoms with E-state index in [4.69, 9.17) is 10.8 Å². The minimum Gasteiger partial charge on any atom is -0.481 e. The standard InChI is InChI=1S/C12H15F2NO2/c1-11(8-15,10(16)17)7-12(13,14)9-5-3-2-4-6-9/h2-6H,7-8,15H2,1H3,(H,16,17). The van der Waals surface area contributed by atoms with E-state index in [-0.39, 0.29) is 12.1 Å². The fourth-order valence-electron chi connectivity index (χ4n) is 1.51. The Hall–Kier alpha value is -1.49. The van der Waals surface area contributed by atoms with Crippen LogP contribution in [0.5, 0.6) is 0 Å². The molecule has 94 valence electrons. The molecule has 0 bridgehead atoms. The van der Waals surface area contributed by atoms with E-state index in [0.717, 1.165) is 0 Å². The quantitative estimate of drug-likeness (QED) is 0.833. The Balaban J connectivity index is 2.97. The molecule has 0 aliphatic carbocycles. The lowest BCUT2D eigenvalue weighted by atomic mass is 9.82. The molecular weight excluding hydrogens is 228 g/mol. The van der Waals surface area contributed by atoms with Crippen molar-refractivity contribution in [3.63, 3.8) is 0 Å². The minimum atomic E-state index is -3.20. The van der Waals surface area contributed by atoms with Gasteiger partial charge in [-0.2, -0.15) is 0 Å². The summed E-state index contributed by atoms with van der Waals surface area (Å²) in [6, 6.07) is 7.16. The van der Waals surface area contributed by atoms with Crippen molar-refractivity contribution < 1.29 is 18.7 Å². The third-order valence-electron chi connectivity index (χ3n) is 2.78. The number of hydrogen-bond donors (Lipinski definition) is 2. The average Bonchev–Trinajstić information content (AvgIpc) is 2.29. The van der Waals surface area contributed by atoms with Gasteiger partial charge in [0, 0.05) is 18.5 Å². The van der Waals surface area contributed by atoms with Gasteiger partial charge in [0.15, 0.2) is 0 Å². The summed E-state index contributed by atoms with van der Waals surface area (Å²) in [6.45, 7) is 0.900. The maximum absolute atomic E-state index is 13.9. The summed E-state index contributed by atoms with van der Waals surface area (Å²) >= 11 is 0. The van der Waals surface area contributed by atoms with Crippen LogP contribution in [-0.4, -0.2) is 17.6 Å². The van der Waals surface area contributed by atoms with Gasteiger partial charge in [-0.25, -0.2) is 8.78 Å². The van der Waals surface area contributed by atoms with Gasteiger partial charge in [-0.05, 0) is 6.92 Å². The molecule has 0 saturated heterocycles. The second-order valence-corrected chi connectivity index (χ2v) is 4.32. The zero-order valence-electron chi connectivity index (χ0n) is 9.49. The first-order chi connectivity index (χ1) is 7.82. The van der Waals surface area contributed by atoms with Gasteiger partial charge in [0.25, 0.3) is 5.92 Å². The van der Waals surface area contributed by atoms with Crippen molar-refractivity contribution in [1.82, 2.24) is 0 Å². The van der Waals surface area contributed by atoms with E-state index in [0.29, 0.717) is 0 Å². The van der Waals surface area contributed by atoms with Crippen LogP contribution in [0.3, 0.4) is 0 Å². The predicted octanol–water partition coefficient (Wildman–Crippen LogP) is 2.22. The lowest BCUT2D eigenvalue weighted by Crippen LogP contribution is -2.40. The molecule has 3 nitrogen and oxygen atoms in total. The van der Waals surface area contributed by atoms with E-state index >= 15 is 0 Å². The summed E-state index contributed by atoms with van der Waals surface area (Å²) < 4.78 is 27.8. The Morgan fingerprint density at radius 2 is 1.88 bits per heavy atom. The molecule has 1 unspecified atom stereocenters. The Kier molecular flexibility index (Phi) is 3.83. The van der Waals surface area contributed by atoms with Crippen molar-refractivity contribution in [3.8, 4) is 0 Å². The largest absolute Gasteiger partial charge is 0.481 e. The Morgan fingerprint density at radius 3 is 2.29 bits per heavy atom. The molecule has 1 rings (SSSR count). The first-order valence-electron chi connectivity index (χ1n) is 5.19. The lowest BCUT2D eigenvalue weighted by Gasteiger charge is -2.28. The lowest BCUT2D eigenvalue weighted by molar-refractivity contribution is -0.154. The number of benzene rings is 1. The van der Waals surface area contributed by atoms with Crippen LogP contribution in [0.15, 0.2) is 30.3 Å². The first-order valence-corrected chi connectivity index (χ1v) is 5.19. The van der Waals surface area contributed by atoms with Crippen LogP contribution in [0.2, 0.25) is 0 Å². The summed E-state index contributed by atoms with van der Waals surface area (Å²) in [7, 11) is 0. The molecule has 0 fully saturated rings. The molecular formula is C12H15F2NO2. The predicted molar refractivity (Wildman–Crippen MR) is 59.8 cm³/mol. The zero-order chi connectivity index (χ0) is 13.1. The molecule has 0 aliphatic rings. The van der Waals surface area contributed by atoms with Gasteiger partial charge in [-0.1, -0.05) is 30.3 Å². The van der Waals surface area contributed by atoms with Gasteiger partial charge >= 0.3 is 5.97 Å². The van der Waals surface area contributed by atoms with Gasteiger partial charge in [-0.15, -0.1) is 0 Å². The highest BCUT2D eigenvalue weighted by molar-refractivity contribution is 5.74. The van der Waals surface area contributed by atoms with Gasteiger partial charge in [-0.3, -0.25) is 4.79 Å². The van der Waals surface area contributed by atoms with Crippen LogP contribution in [0.1, 0.15) is 18.9 Å². The van der Waals surface area contributed by atoms with Crippen LogP contribution in [-0.2, 0) is 10.7 Å². The fraction of sp³-hybridized carbons (Fsp3) is 0.417. The van der Waals surface area contributed by atoms with Crippen LogP contribution in [0, 0.1) is 5.41 Å². The zero-order valence-corrected chi connectivity index (χ0v) is 9.49. The van der Waals surface area contributed by atoms with Gasteiger partial charge in [0.1, 0.15) is 0 Å². The van der Waals surface area contributed by atoms with Crippen LogP contribution in [0.4, 0.5) is 8.78 Å². The average molecular weight is 243 g/mol. The third kappa shape index (κ3) is 3.00. The number of rotatable bonds is 5. The highest BCUT2D eigenvalue weighted by atomic mass is 19.3. The second kappa shape index (κ2) is 4.79. The number of nitrogens with two attached hydrogens (primary N) is 1. The molecule has 0 spiro atoms. The van der Waals surface area contributed by atoms with Crippen molar-refractivity contribution >= 4 is 5.97 Å². The number of hydrogen-bond acceptors (Lipinski definition) is 2. The maximum Gasteiger partial charge on any atom is 0.310 e. The van der Waals surface area contributed by atoms with Gasteiger partial charge < -0.3 is 10.8 Å². The monoisotopic (exact) mass is 243 g/mol. The number of alkyl halides is 2. The molecule has 3 N–H and O–H groups in total. The van der Waals surface area contributed by atoms with E-state index in [1.165, 1.54) is 31.2 Å². The number of halogens is 2. The SMILES string of the molecule is CC(CN)(CC(F)(F)c1ccccc1)C(=O)O. The van der Waals surface area contributed by atoms with E-state index in [9.17, 15) is 13.6 Å². The normalized spacial score (nSPS) is 15.3. The number of carboxylic acids is 1. The van der Waals surface area contributed by atoms with Gasteiger partial charge in [0.05, 0.1) is 5.41 Å². The van der Waals surface area contributed by atoms with Crippen LogP contribution >= 0.6 is 0 Å². The highest BCUT2D eigenvalue weighted by Crippen LogP contribution is 2.39. The smallest absolute Gasteiger partial charge is 0.310 e. The molecule has 5 heteroatoms. The summed E-state index contributed by atoms with van der Waals surface area (Å²) in [5, 5.41) is 8.93. The van der Waals surface area contributed by atoms with E-state index in [1.54, 1.807) is 6.07 Å². The summed E-state index contributed by atoms with van der Waals surface area (Å²) in [4.78, 5) is 10.9. The van der Waals surface area contributed by atoms with Crippen molar-refractivity contribution in [3.05, 3.63) is 35.9 Å². The molecule has 17 heavy (non-hydrogen) atoms. The van der Waals surface area contributed by atoms with E-state index in [2.05, 4.69) is 0 Å². The van der Waals surface area contributed by atoms with Crippen molar-refractivity contribution in [1.29, 1.82) is 0 Å². The Labute approximate surface area is 98.2 Å². The van der Waals surface area contributed by atoms with Crippen molar-refractivity contribution in [2.24, 2.45) is 11.1 Å². The number of carboxylic acid groups (broad SMARTS) is 1. The topological polar surface area (TPSA) is 63.3 Å². The Bertz CT molecular complexity index is 395. The number of carbonyl (C=O) groups is 1.